The van der Waals surface area contributed by atoms with E-state index in [0.29, 0.717) is 6.54 Å². The molecule has 1 aliphatic carbocycles. The maximum absolute atomic E-state index is 12.4. The summed E-state index contributed by atoms with van der Waals surface area (Å²) in [4.78, 5) is 24.3. The van der Waals surface area contributed by atoms with Crippen LogP contribution in [0.3, 0.4) is 0 Å². The summed E-state index contributed by atoms with van der Waals surface area (Å²) in [5.41, 5.74) is 1.02. The zero-order valence-corrected chi connectivity index (χ0v) is 14.2. The van der Waals surface area contributed by atoms with E-state index in [-0.39, 0.29) is 6.03 Å². The summed E-state index contributed by atoms with van der Waals surface area (Å²) < 4.78 is 0. The van der Waals surface area contributed by atoms with Gasteiger partial charge in [-0.25, -0.2) is 9.78 Å². The molecule has 2 N–H and O–H groups in total. The zero-order chi connectivity index (χ0) is 16.1. The average molecular weight is 319 g/mol. The molecule has 0 spiro atoms. The third-order valence-electron chi connectivity index (χ3n) is 5.07. The Bertz CT molecular complexity index is 509. The molecule has 1 aromatic heterocycles. The molecule has 2 heterocycles. The first-order valence-electron chi connectivity index (χ1n) is 8.99. The van der Waals surface area contributed by atoms with Crippen LogP contribution in [0, 0.1) is 6.92 Å². The molecule has 2 amide bonds. The molecule has 6 heteroatoms. The molecule has 1 aromatic rings. The maximum Gasteiger partial charge on any atom is 0.317 e. The van der Waals surface area contributed by atoms with Gasteiger partial charge < -0.3 is 15.2 Å². The Hall–Kier alpha value is -1.56. The molecule has 0 aromatic carbocycles. The molecule has 2 aliphatic rings. The fourth-order valence-electron chi connectivity index (χ4n) is 3.78. The Morgan fingerprint density at radius 2 is 2.04 bits per heavy atom. The van der Waals surface area contributed by atoms with Gasteiger partial charge in [0.1, 0.15) is 5.82 Å². The molecule has 3 rings (SSSR count). The van der Waals surface area contributed by atoms with E-state index in [1.165, 1.54) is 32.1 Å². The number of imidazole rings is 1. The molecule has 0 radical (unpaired) electrons. The number of aryl methyl sites for hydroxylation is 1. The van der Waals surface area contributed by atoms with E-state index in [0.717, 1.165) is 50.2 Å². The molecule has 23 heavy (non-hydrogen) atoms. The van der Waals surface area contributed by atoms with Gasteiger partial charge in [-0.2, -0.15) is 0 Å². The smallest absolute Gasteiger partial charge is 0.317 e. The van der Waals surface area contributed by atoms with Crippen molar-refractivity contribution in [2.45, 2.75) is 58.0 Å². The average Bonchev–Trinajstić information content (AvgIpc) is 2.85. The van der Waals surface area contributed by atoms with Crippen LogP contribution >= 0.6 is 0 Å². The molecular weight excluding hydrogens is 290 g/mol. The van der Waals surface area contributed by atoms with Crippen molar-refractivity contribution in [2.24, 2.45) is 0 Å². The van der Waals surface area contributed by atoms with E-state index in [2.05, 4.69) is 20.2 Å². The van der Waals surface area contributed by atoms with Gasteiger partial charge in [0.05, 0.1) is 6.54 Å². The number of urea groups is 1. The van der Waals surface area contributed by atoms with Gasteiger partial charge >= 0.3 is 6.03 Å². The summed E-state index contributed by atoms with van der Waals surface area (Å²) in [6.45, 7) is 6.26. The molecule has 6 nitrogen and oxygen atoms in total. The highest BCUT2D eigenvalue weighted by molar-refractivity contribution is 5.74. The lowest BCUT2D eigenvalue weighted by atomic mass is 9.94. The first-order chi connectivity index (χ1) is 11.2. The highest BCUT2D eigenvalue weighted by atomic mass is 16.2. The topological polar surface area (TPSA) is 64.3 Å². The number of aromatic nitrogens is 2. The summed E-state index contributed by atoms with van der Waals surface area (Å²) in [7, 11) is 0. The third kappa shape index (κ3) is 4.47. The Morgan fingerprint density at radius 3 is 2.78 bits per heavy atom. The van der Waals surface area contributed by atoms with Crippen molar-refractivity contribution in [3.63, 3.8) is 0 Å². The van der Waals surface area contributed by atoms with Crippen LogP contribution in [0.4, 0.5) is 4.79 Å². The van der Waals surface area contributed by atoms with Crippen LogP contribution in [0.25, 0.3) is 0 Å². The van der Waals surface area contributed by atoms with E-state index >= 15 is 0 Å². The Kier molecular flexibility index (Phi) is 5.54. The molecule has 2 fully saturated rings. The monoisotopic (exact) mass is 319 g/mol. The number of aromatic amines is 1. The number of amides is 2. The quantitative estimate of drug-likeness (QED) is 0.898. The molecule has 1 saturated carbocycles. The number of nitrogens with zero attached hydrogens (tertiary/aromatic N) is 3. The van der Waals surface area contributed by atoms with Gasteiger partial charge in [-0.05, 0) is 26.2 Å². The van der Waals surface area contributed by atoms with Gasteiger partial charge in [0.2, 0.25) is 0 Å². The summed E-state index contributed by atoms with van der Waals surface area (Å²) in [6.07, 6.45) is 9.67. The van der Waals surface area contributed by atoms with Crippen molar-refractivity contribution in [3.05, 3.63) is 17.7 Å². The van der Waals surface area contributed by atoms with Crippen LogP contribution in [-0.2, 0) is 6.54 Å². The van der Waals surface area contributed by atoms with Gasteiger partial charge in [-0.3, -0.25) is 4.90 Å². The second kappa shape index (κ2) is 7.81. The number of hydrogen-bond acceptors (Lipinski definition) is 3. The minimum absolute atomic E-state index is 0.0320. The molecule has 0 atom stereocenters. The van der Waals surface area contributed by atoms with Crippen LogP contribution in [-0.4, -0.2) is 58.0 Å². The van der Waals surface area contributed by atoms with Crippen molar-refractivity contribution in [1.82, 2.24) is 25.1 Å². The lowest BCUT2D eigenvalue weighted by molar-refractivity contribution is 0.159. The van der Waals surface area contributed by atoms with Crippen LogP contribution in [0.5, 0.6) is 0 Å². The second-order valence-electron chi connectivity index (χ2n) is 6.84. The lowest BCUT2D eigenvalue weighted by Crippen LogP contribution is -2.43. The third-order valence-corrected chi connectivity index (χ3v) is 5.07. The van der Waals surface area contributed by atoms with E-state index in [9.17, 15) is 4.79 Å². The molecule has 128 valence electrons. The normalized spacial score (nSPS) is 21.2. The summed E-state index contributed by atoms with van der Waals surface area (Å²) >= 11 is 0. The van der Waals surface area contributed by atoms with Crippen LogP contribution in [0.2, 0.25) is 0 Å². The first kappa shape index (κ1) is 16.3. The fourth-order valence-corrected chi connectivity index (χ4v) is 3.78. The summed E-state index contributed by atoms with van der Waals surface area (Å²) in [5.74, 6) is 0.814. The molecule has 1 saturated heterocycles. The highest BCUT2D eigenvalue weighted by Crippen LogP contribution is 2.23. The Labute approximate surface area is 138 Å². The van der Waals surface area contributed by atoms with Gasteiger partial charge in [-0.1, -0.05) is 19.3 Å². The highest BCUT2D eigenvalue weighted by Gasteiger charge is 2.25. The van der Waals surface area contributed by atoms with Crippen LogP contribution in [0.15, 0.2) is 6.20 Å². The number of nitrogens with one attached hydrogen (secondary N) is 2. The number of hydrogen-bond donors (Lipinski definition) is 2. The van der Waals surface area contributed by atoms with E-state index in [1.807, 2.05) is 11.8 Å². The molecular formula is C17H29N5O. The van der Waals surface area contributed by atoms with Gasteiger partial charge in [-0.15, -0.1) is 0 Å². The van der Waals surface area contributed by atoms with Crippen LogP contribution in [0.1, 0.15) is 50.0 Å². The molecule has 0 bridgehead atoms. The van der Waals surface area contributed by atoms with Crippen molar-refractivity contribution in [1.29, 1.82) is 0 Å². The van der Waals surface area contributed by atoms with Crippen molar-refractivity contribution in [2.75, 3.05) is 26.2 Å². The zero-order valence-electron chi connectivity index (χ0n) is 14.2. The lowest BCUT2D eigenvalue weighted by Gasteiger charge is -2.33. The Morgan fingerprint density at radius 1 is 1.22 bits per heavy atom. The van der Waals surface area contributed by atoms with Gasteiger partial charge in [0.15, 0.2) is 0 Å². The SMILES string of the molecule is Cc1cnc(CNC(=O)N2CCCN(C3CCCCC3)CC2)[nH]1. The number of carbonyl (C=O) groups excluding carboxylic acids is 1. The second-order valence-corrected chi connectivity index (χ2v) is 6.84. The summed E-state index contributed by atoms with van der Waals surface area (Å²) in [5, 5.41) is 2.98. The largest absolute Gasteiger partial charge is 0.345 e. The number of carbonyl (C=O) groups is 1. The summed E-state index contributed by atoms with van der Waals surface area (Å²) in [6, 6.07) is 0.780. The van der Waals surface area contributed by atoms with E-state index < -0.39 is 0 Å². The first-order valence-corrected chi connectivity index (χ1v) is 8.99. The standard InChI is InChI=1S/C17H29N5O/c1-14-12-18-16(20-14)13-19-17(23)22-9-5-8-21(10-11-22)15-6-3-2-4-7-15/h12,15H,2-11,13H2,1H3,(H,18,20)(H,19,23). The maximum atomic E-state index is 12.4. The predicted octanol–water partition coefficient (Wildman–Crippen LogP) is 2.27. The fraction of sp³-hybridized carbons (Fsp3) is 0.765. The number of H-pyrrole nitrogens is 1. The van der Waals surface area contributed by atoms with Gasteiger partial charge in [0, 0.05) is 44.1 Å². The van der Waals surface area contributed by atoms with Gasteiger partial charge in [0.25, 0.3) is 0 Å². The minimum atomic E-state index is 0.0320. The minimum Gasteiger partial charge on any atom is -0.345 e. The Balaban J connectivity index is 1.46. The van der Waals surface area contributed by atoms with Crippen LogP contribution < -0.4 is 5.32 Å². The van der Waals surface area contributed by atoms with Crippen molar-refractivity contribution >= 4 is 6.03 Å². The van der Waals surface area contributed by atoms with Crippen molar-refractivity contribution < 1.29 is 4.79 Å². The van der Waals surface area contributed by atoms with E-state index in [1.54, 1.807) is 6.20 Å². The van der Waals surface area contributed by atoms with Crippen molar-refractivity contribution in [3.8, 4) is 0 Å². The molecule has 0 unspecified atom stereocenters. The van der Waals surface area contributed by atoms with E-state index in [4.69, 9.17) is 0 Å². The molecule has 1 aliphatic heterocycles. The predicted molar refractivity (Wildman–Crippen MR) is 90.2 cm³/mol. The number of rotatable bonds is 3.